The topological polar surface area (TPSA) is 159 Å². The predicted molar refractivity (Wildman–Crippen MR) is 127 cm³/mol. The zero-order chi connectivity index (χ0) is 33.7. The van der Waals surface area contributed by atoms with Crippen molar-refractivity contribution >= 4 is 17.9 Å². The van der Waals surface area contributed by atoms with E-state index in [1.165, 1.54) is 5.56 Å². The molecule has 2 aliphatic rings. The second-order valence-electron chi connectivity index (χ2n) is 8.75. The predicted octanol–water partition coefficient (Wildman–Crippen LogP) is 3.90. The molecule has 44 heavy (non-hydrogen) atoms. The lowest BCUT2D eigenvalue weighted by atomic mass is 9.94. The third kappa shape index (κ3) is 14.3. The average Bonchev–Trinajstić information content (AvgIpc) is 3.48. The molecule has 4 rings (SSSR count). The van der Waals surface area contributed by atoms with Gasteiger partial charge in [-0.25, -0.2) is 14.4 Å². The van der Waals surface area contributed by atoms with E-state index >= 15 is 0 Å². The van der Waals surface area contributed by atoms with Crippen LogP contribution in [-0.2, 0) is 25.7 Å². The number of aliphatic carboxylic acids is 3. The van der Waals surface area contributed by atoms with Crippen LogP contribution in [0.4, 0.5) is 39.5 Å². The van der Waals surface area contributed by atoms with E-state index in [1.807, 2.05) is 30.6 Å². The third-order valence-corrected chi connectivity index (χ3v) is 5.48. The molecular formula is C24H24F9N3O8. The lowest BCUT2D eigenvalue weighted by Gasteiger charge is -2.19. The van der Waals surface area contributed by atoms with Gasteiger partial charge in [-0.15, -0.1) is 0 Å². The van der Waals surface area contributed by atoms with E-state index in [0.29, 0.717) is 24.5 Å². The molecule has 0 bridgehead atoms. The first-order valence-corrected chi connectivity index (χ1v) is 11.9. The lowest BCUT2D eigenvalue weighted by Crippen LogP contribution is -2.26. The van der Waals surface area contributed by atoms with Crippen molar-refractivity contribution < 1.29 is 78.7 Å². The summed E-state index contributed by atoms with van der Waals surface area (Å²) in [5, 5.41) is 21.4. The van der Waals surface area contributed by atoms with Gasteiger partial charge in [0.1, 0.15) is 5.75 Å². The van der Waals surface area contributed by atoms with Crippen LogP contribution < -0.4 is 4.74 Å². The van der Waals surface area contributed by atoms with Crippen molar-refractivity contribution in [1.82, 2.24) is 14.9 Å². The highest BCUT2D eigenvalue weighted by atomic mass is 19.4. The van der Waals surface area contributed by atoms with Crippen LogP contribution in [0.2, 0.25) is 0 Å². The Hall–Kier alpha value is -4.20. The summed E-state index contributed by atoms with van der Waals surface area (Å²) in [6.45, 7) is 4.55. The van der Waals surface area contributed by atoms with E-state index in [2.05, 4.69) is 20.9 Å². The molecule has 4 heterocycles. The monoisotopic (exact) mass is 653 g/mol. The zero-order valence-corrected chi connectivity index (χ0v) is 22.0. The zero-order valence-electron chi connectivity index (χ0n) is 22.0. The van der Waals surface area contributed by atoms with Crippen molar-refractivity contribution in [3.05, 3.63) is 54.6 Å². The fourth-order valence-corrected chi connectivity index (χ4v) is 3.57. The normalized spacial score (nSPS) is 19.5. The van der Waals surface area contributed by atoms with Crippen LogP contribution in [0.3, 0.4) is 0 Å². The second-order valence-corrected chi connectivity index (χ2v) is 8.75. The molecule has 3 N–H and O–H groups in total. The molecule has 2 fully saturated rings. The molecule has 11 nitrogen and oxygen atoms in total. The van der Waals surface area contributed by atoms with Crippen molar-refractivity contribution in [1.29, 1.82) is 0 Å². The van der Waals surface area contributed by atoms with Crippen LogP contribution in [0.1, 0.15) is 5.56 Å². The molecule has 2 aromatic heterocycles. The van der Waals surface area contributed by atoms with Crippen molar-refractivity contribution in [2.45, 2.75) is 31.2 Å². The number of carbonyl (C=O) groups is 3. The summed E-state index contributed by atoms with van der Waals surface area (Å²) >= 11 is 0. The van der Waals surface area contributed by atoms with E-state index in [4.69, 9.17) is 39.2 Å². The standard InChI is InChI=1S/C18H21N3O2.3C2HF3O2/c1-2-14(8-20-5-1)9-21-10-17-15(13-23-18(17)11-21)12-22-16-3-6-19-7-4-16;3*3-2(4,5)1(6)7/h1-8,15,17-18H,9-13H2;3*(H,6,7)/t15-,17+,18+;;;/m0.../s1. The number of alkyl halides is 9. The summed E-state index contributed by atoms with van der Waals surface area (Å²) in [6.07, 6.45) is -7.63. The van der Waals surface area contributed by atoms with Crippen LogP contribution >= 0.6 is 0 Å². The summed E-state index contributed by atoms with van der Waals surface area (Å²) in [5.74, 6) is -6.36. The van der Waals surface area contributed by atoms with Gasteiger partial charge in [-0.05, 0) is 23.8 Å². The number of nitrogens with zero attached hydrogens (tertiary/aromatic N) is 3. The number of fused-ring (bicyclic) bond motifs is 1. The average molecular weight is 653 g/mol. The molecule has 2 aliphatic heterocycles. The smallest absolute Gasteiger partial charge is 0.490 e. The molecule has 0 unspecified atom stereocenters. The van der Waals surface area contributed by atoms with Gasteiger partial charge in [0.2, 0.25) is 0 Å². The highest BCUT2D eigenvalue weighted by Crippen LogP contribution is 2.34. The molecule has 3 atom stereocenters. The molecule has 246 valence electrons. The van der Waals surface area contributed by atoms with Gasteiger partial charge in [-0.2, -0.15) is 39.5 Å². The maximum absolute atomic E-state index is 10.6. The van der Waals surface area contributed by atoms with Gasteiger partial charge >= 0.3 is 36.4 Å². The number of pyridine rings is 2. The first kappa shape index (κ1) is 37.8. The summed E-state index contributed by atoms with van der Waals surface area (Å²) < 4.78 is 107. The van der Waals surface area contributed by atoms with Crippen molar-refractivity contribution in [3.8, 4) is 5.75 Å². The van der Waals surface area contributed by atoms with Crippen LogP contribution in [0.15, 0.2) is 49.1 Å². The quantitative estimate of drug-likeness (QED) is 0.402. The Labute approximate surface area is 241 Å². The number of rotatable bonds is 5. The number of ether oxygens (including phenoxy) is 2. The van der Waals surface area contributed by atoms with Crippen molar-refractivity contribution in [3.63, 3.8) is 0 Å². The molecule has 0 amide bonds. The SMILES string of the molecule is O=C(O)C(F)(F)F.O=C(O)C(F)(F)F.O=C(O)C(F)(F)F.c1cncc(CN2C[C@@H]3[C@@H](COc4ccncc4)CO[C@@H]3C2)c1. The molecule has 0 spiro atoms. The fraction of sp³-hybridized carbons (Fsp3) is 0.458. The number of halogens is 9. The van der Waals surface area contributed by atoms with Crippen LogP contribution in [0.25, 0.3) is 0 Å². The minimum atomic E-state index is -5.08. The Kier molecular flexibility index (Phi) is 14.3. The fourth-order valence-electron chi connectivity index (χ4n) is 3.57. The Balaban J connectivity index is 0.000000379. The maximum atomic E-state index is 10.6. The lowest BCUT2D eigenvalue weighted by molar-refractivity contribution is -0.193. The minimum absolute atomic E-state index is 0.345. The first-order chi connectivity index (χ1) is 20.2. The Bertz CT molecular complexity index is 1130. The van der Waals surface area contributed by atoms with Gasteiger partial charge < -0.3 is 24.8 Å². The van der Waals surface area contributed by atoms with Gasteiger partial charge in [0.05, 0.1) is 19.3 Å². The van der Waals surface area contributed by atoms with Crippen LogP contribution in [0, 0.1) is 11.8 Å². The Morgan fingerprint density at radius 3 is 1.75 bits per heavy atom. The molecule has 0 saturated carbocycles. The first-order valence-electron chi connectivity index (χ1n) is 11.9. The molecule has 20 heteroatoms. The molecule has 0 aliphatic carbocycles. The van der Waals surface area contributed by atoms with Gasteiger partial charge in [-0.1, -0.05) is 6.07 Å². The Morgan fingerprint density at radius 2 is 1.32 bits per heavy atom. The van der Waals surface area contributed by atoms with E-state index < -0.39 is 36.4 Å². The van der Waals surface area contributed by atoms with Gasteiger partial charge in [0.25, 0.3) is 0 Å². The minimum Gasteiger partial charge on any atom is -0.493 e. The number of hydrogen-bond donors (Lipinski definition) is 3. The van der Waals surface area contributed by atoms with Crippen molar-refractivity contribution in [2.75, 3.05) is 26.3 Å². The highest BCUT2D eigenvalue weighted by Gasteiger charge is 2.44. The van der Waals surface area contributed by atoms with E-state index in [-0.39, 0.29) is 0 Å². The summed E-state index contributed by atoms with van der Waals surface area (Å²) in [6, 6.07) is 7.92. The van der Waals surface area contributed by atoms with Gasteiger partial charge in [-0.3, -0.25) is 14.9 Å². The molecule has 0 aromatic carbocycles. The molecule has 2 saturated heterocycles. The Morgan fingerprint density at radius 1 is 0.818 bits per heavy atom. The maximum Gasteiger partial charge on any atom is 0.490 e. The largest absolute Gasteiger partial charge is 0.493 e. The van der Waals surface area contributed by atoms with Gasteiger partial charge in [0, 0.05) is 56.3 Å². The number of likely N-dealkylation sites (tertiary alicyclic amines) is 1. The number of carboxylic acids is 3. The molecule has 0 radical (unpaired) electrons. The summed E-state index contributed by atoms with van der Waals surface area (Å²) in [5.41, 5.74) is 1.26. The van der Waals surface area contributed by atoms with Gasteiger partial charge in [0.15, 0.2) is 0 Å². The van der Waals surface area contributed by atoms with E-state index in [9.17, 15) is 39.5 Å². The summed E-state index contributed by atoms with van der Waals surface area (Å²) in [4.78, 5) is 37.4. The molecule has 2 aromatic rings. The van der Waals surface area contributed by atoms with E-state index in [0.717, 1.165) is 32.0 Å². The van der Waals surface area contributed by atoms with Crippen LogP contribution in [0.5, 0.6) is 5.75 Å². The molecular weight excluding hydrogens is 629 g/mol. The number of carboxylic acid groups (broad SMARTS) is 3. The second kappa shape index (κ2) is 16.6. The summed E-state index contributed by atoms with van der Waals surface area (Å²) in [7, 11) is 0. The van der Waals surface area contributed by atoms with Crippen molar-refractivity contribution in [2.24, 2.45) is 11.8 Å². The highest BCUT2D eigenvalue weighted by molar-refractivity contribution is 5.73. The third-order valence-electron chi connectivity index (χ3n) is 5.48. The number of hydrogen-bond acceptors (Lipinski definition) is 8. The van der Waals surface area contributed by atoms with E-state index in [1.54, 1.807) is 12.4 Å². The number of aromatic nitrogens is 2. The van der Waals surface area contributed by atoms with Crippen LogP contribution in [-0.4, -0.2) is 99.0 Å².